The summed E-state index contributed by atoms with van der Waals surface area (Å²) in [5.74, 6) is 0.434. The van der Waals surface area contributed by atoms with Gasteiger partial charge in [-0.1, -0.05) is 6.92 Å². The van der Waals surface area contributed by atoms with Gasteiger partial charge in [0.2, 0.25) is 0 Å². The molecule has 1 rings (SSSR count). The molecule has 0 spiro atoms. The van der Waals surface area contributed by atoms with Crippen LogP contribution in [0.2, 0.25) is 0 Å². The Labute approximate surface area is 66.4 Å². The minimum absolute atomic E-state index is 0.105. The number of carbonyl (C=O) groups excluding carboxylic acids is 1. The van der Waals surface area contributed by atoms with Gasteiger partial charge in [-0.2, -0.15) is 0 Å². The molecule has 0 radical (unpaired) electrons. The van der Waals surface area contributed by atoms with Crippen molar-refractivity contribution in [2.75, 3.05) is 6.61 Å². The second-order valence-electron chi connectivity index (χ2n) is 3.30. The molecule has 64 valence electrons. The fourth-order valence-electron chi connectivity index (χ4n) is 0.960. The summed E-state index contributed by atoms with van der Waals surface area (Å²) in [6, 6.07) is 0. The van der Waals surface area contributed by atoms with Crippen molar-refractivity contribution in [2.45, 2.75) is 26.4 Å². The SMILES string of the molecule is CC(O)COC(=O)[C@@H]1C[C@H]1C. The summed E-state index contributed by atoms with van der Waals surface area (Å²) in [7, 11) is 0. The van der Waals surface area contributed by atoms with Gasteiger partial charge in [0.1, 0.15) is 6.61 Å². The van der Waals surface area contributed by atoms with Gasteiger partial charge >= 0.3 is 5.97 Å². The maximum absolute atomic E-state index is 11.0. The number of carbonyl (C=O) groups is 1. The van der Waals surface area contributed by atoms with Crippen LogP contribution in [-0.4, -0.2) is 23.8 Å². The van der Waals surface area contributed by atoms with Crippen molar-refractivity contribution in [3.05, 3.63) is 0 Å². The third-order valence-electron chi connectivity index (χ3n) is 1.88. The van der Waals surface area contributed by atoms with Gasteiger partial charge in [0.25, 0.3) is 0 Å². The normalized spacial score (nSPS) is 31.2. The zero-order valence-corrected chi connectivity index (χ0v) is 6.91. The maximum Gasteiger partial charge on any atom is 0.309 e. The molecule has 0 aromatic carbocycles. The van der Waals surface area contributed by atoms with Crippen LogP contribution in [-0.2, 0) is 9.53 Å². The van der Waals surface area contributed by atoms with Crippen LogP contribution in [0.4, 0.5) is 0 Å². The van der Waals surface area contributed by atoms with E-state index in [4.69, 9.17) is 9.84 Å². The van der Waals surface area contributed by atoms with Crippen LogP contribution >= 0.6 is 0 Å². The molecule has 0 aromatic heterocycles. The summed E-state index contributed by atoms with van der Waals surface area (Å²) < 4.78 is 4.81. The molecule has 0 heterocycles. The highest BCUT2D eigenvalue weighted by atomic mass is 16.5. The summed E-state index contributed by atoms with van der Waals surface area (Å²) >= 11 is 0. The lowest BCUT2D eigenvalue weighted by atomic mass is 10.3. The molecular formula is C8H14O3. The molecule has 3 nitrogen and oxygen atoms in total. The number of hydrogen-bond donors (Lipinski definition) is 1. The predicted octanol–water partition coefficient (Wildman–Crippen LogP) is 0.566. The molecule has 1 fully saturated rings. The highest BCUT2D eigenvalue weighted by molar-refractivity contribution is 5.75. The van der Waals surface area contributed by atoms with E-state index >= 15 is 0 Å². The predicted molar refractivity (Wildman–Crippen MR) is 39.9 cm³/mol. The molecule has 0 bridgehead atoms. The number of rotatable bonds is 3. The lowest BCUT2D eigenvalue weighted by molar-refractivity contribution is -0.148. The topological polar surface area (TPSA) is 46.5 Å². The van der Waals surface area contributed by atoms with Crippen LogP contribution in [0, 0.1) is 11.8 Å². The van der Waals surface area contributed by atoms with Crippen LogP contribution in [0.3, 0.4) is 0 Å². The number of ether oxygens (including phenoxy) is 1. The van der Waals surface area contributed by atoms with Gasteiger partial charge in [0, 0.05) is 0 Å². The molecule has 1 N–H and O–H groups in total. The summed E-state index contributed by atoms with van der Waals surface area (Å²) in [5, 5.41) is 8.79. The molecule has 1 aliphatic carbocycles. The number of esters is 1. The van der Waals surface area contributed by atoms with E-state index in [2.05, 4.69) is 0 Å². The second kappa shape index (κ2) is 3.22. The molecule has 11 heavy (non-hydrogen) atoms. The molecule has 0 aliphatic heterocycles. The molecular weight excluding hydrogens is 144 g/mol. The molecule has 3 heteroatoms. The molecule has 1 aliphatic rings. The van der Waals surface area contributed by atoms with Crippen LogP contribution in [0.5, 0.6) is 0 Å². The van der Waals surface area contributed by atoms with Crippen molar-refractivity contribution < 1.29 is 14.6 Å². The Morgan fingerprint density at radius 3 is 2.73 bits per heavy atom. The van der Waals surface area contributed by atoms with Gasteiger partial charge in [0.05, 0.1) is 12.0 Å². The molecule has 0 aromatic rings. The Hall–Kier alpha value is -0.570. The average Bonchev–Trinajstić information content (AvgIpc) is 2.61. The largest absolute Gasteiger partial charge is 0.463 e. The Morgan fingerprint density at radius 1 is 1.82 bits per heavy atom. The van der Waals surface area contributed by atoms with Crippen LogP contribution < -0.4 is 0 Å². The highest BCUT2D eigenvalue weighted by Gasteiger charge is 2.40. The second-order valence-corrected chi connectivity index (χ2v) is 3.30. The highest BCUT2D eigenvalue weighted by Crippen LogP contribution is 2.38. The fourth-order valence-corrected chi connectivity index (χ4v) is 0.960. The minimum atomic E-state index is -0.548. The molecule has 0 saturated heterocycles. The van der Waals surface area contributed by atoms with Gasteiger partial charge in [-0.05, 0) is 19.3 Å². The van der Waals surface area contributed by atoms with E-state index in [9.17, 15) is 4.79 Å². The monoisotopic (exact) mass is 158 g/mol. The summed E-state index contributed by atoms with van der Waals surface area (Å²) in [6.45, 7) is 3.75. The van der Waals surface area contributed by atoms with Crippen molar-refractivity contribution in [3.8, 4) is 0 Å². The average molecular weight is 158 g/mol. The summed E-state index contributed by atoms with van der Waals surface area (Å²) in [6.07, 6.45) is 0.395. The molecule has 0 amide bonds. The van der Waals surface area contributed by atoms with Crippen LogP contribution in [0.15, 0.2) is 0 Å². The first kappa shape index (κ1) is 8.53. The van der Waals surface area contributed by atoms with E-state index in [0.29, 0.717) is 5.92 Å². The van der Waals surface area contributed by atoms with Gasteiger partial charge in [-0.3, -0.25) is 4.79 Å². The number of aliphatic hydroxyl groups excluding tert-OH is 1. The smallest absolute Gasteiger partial charge is 0.309 e. The van der Waals surface area contributed by atoms with Crippen molar-refractivity contribution in [2.24, 2.45) is 11.8 Å². The fraction of sp³-hybridized carbons (Fsp3) is 0.875. The molecule has 1 unspecified atom stereocenters. The zero-order chi connectivity index (χ0) is 8.43. The lowest BCUT2D eigenvalue weighted by Crippen LogP contribution is -2.16. The first-order valence-corrected chi connectivity index (χ1v) is 3.96. The van der Waals surface area contributed by atoms with E-state index in [-0.39, 0.29) is 18.5 Å². The summed E-state index contributed by atoms with van der Waals surface area (Å²) in [4.78, 5) is 11.0. The lowest BCUT2D eigenvalue weighted by Gasteiger charge is -2.05. The van der Waals surface area contributed by atoms with E-state index in [0.717, 1.165) is 6.42 Å². The van der Waals surface area contributed by atoms with E-state index in [1.807, 2.05) is 6.92 Å². The first-order chi connectivity index (χ1) is 5.11. The first-order valence-electron chi connectivity index (χ1n) is 3.96. The maximum atomic E-state index is 11.0. The van der Waals surface area contributed by atoms with Crippen molar-refractivity contribution in [3.63, 3.8) is 0 Å². The Kier molecular flexibility index (Phi) is 2.49. The van der Waals surface area contributed by atoms with Crippen LogP contribution in [0.1, 0.15) is 20.3 Å². The van der Waals surface area contributed by atoms with Crippen molar-refractivity contribution in [1.82, 2.24) is 0 Å². The molecule has 1 saturated carbocycles. The van der Waals surface area contributed by atoms with Gasteiger partial charge in [0.15, 0.2) is 0 Å². The van der Waals surface area contributed by atoms with Crippen molar-refractivity contribution in [1.29, 1.82) is 0 Å². The van der Waals surface area contributed by atoms with Gasteiger partial charge in [-0.25, -0.2) is 0 Å². The Morgan fingerprint density at radius 2 is 2.36 bits per heavy atom. The third kappa shape index (κ3) is 2.50. The van der Waals surface area contributed by atoms with E-state index < -0.39 is 6.10 Å². The standard InChI is InChI=1S/C8H14O3/c1-5-3-7(5)8(10)11-4-6(2)9/h5-7,9H,3-4H2,1-2H3/t5-,6?,7-/m1/s1. The quantitative estimate of drug-likeness (QED) is 0.611. The summed E-state index contributed by atoms with van der Waals surface area (Å²) in [5.41, 5.74) is 0. The van der Waals surface area contributed by atoms with Crippen molar-refractivity contribution >= 4 is 5.97 Å². The van der Waals surface area contributed by atoms with Gasteiger partial charge in [-0.15, -0.1) is 0 Å². The number of hydrogen-bond acceptors (Lipinski definition) is 3. The van der Waals surface area contributed by atoms with E-state index in [1.165, 1.54) is 0 Å². The number of aliphatic hydroxyl groups is 1. The van der Waals surface area contributed by atoms with E-state index in [1.54, 1.807) is 6.92 Å². The third-order valence-corrected chi connectivity index (χ3v) is 1.88. The zero-order valence-electron chi connectivity index (χ0n) is 6.91. The van der Waals surface area contributed by atoms with Gasteiger partial charge < -0.3 is 9.84 Å². The Bertz CT molecular complexity index is 153. The Balaban J connectivity index is 2.12. The molecule has 3 atom stereocenters. The van der Waals surface area contributed by atoms with Crippen LogP contribution in [0.25, 0.3) is 0 Å². The minimum Gasteiger partial charge on any atom is -0.463 e.